The number of nitrogens with zero attached hydrogens (tertiary/aromatic N) is 5. The molecule has 112 heavy (non-hydrogen) atoms. The summed E-state index contributed by atoms with van der Waals surface area (Å²) in [6.45, 7) is 0. The summed E-state index contributed by atoms with van der Waals surface area (Å²) in [6, 6.07) is 153. The lowest BCUT2D eigenvalue weighted by Gasteiger charge is -2.25. The Balaban J connectivity index is 0.000000151. The van der Waals surface area contributed by atoms with Crippen molar-refractivity contribution < 1.29 is 10.0 Å². The maximum absolute atomic E-state index is 9.23. The van der Waals surface area contributed by atoms with E-state index in [9.17, 15) is 10.0 Å². The molecule has 7 nitrogen and oxygen atoms in total. The van der Waals surface area contributed by atoms with Crippen molar-refractivity contribution in [2.75, 3.05) is 14.7 Å². The molecule has 10 heteroatoms. The molecule has 19 aromatic rings. The van der Waals surface area contributed by atoms with Gasteiger partial charge in [-0.25, -0.2) is 0 Å². The van der Waals surface area contributed by atoms with Gasteiger partial charge in [-0.1, -0.05) is 262 Å². The van der Waals surface area contributed by atoms with E-state index in [1.165, 1.54) is 71.6 Å². The van der Waals surface area contributed by atoms with Crippen LogP contribution in [0.4, 0.5) is 51.2 Å². The van der Waals surface area contributed by atoms with Crippen molar-refractivity contribution in [3.05, 3.63) is 446 Å². The molecule has 0 saturated heterocycles. The first kappa shape index (κ1) is 71.6. The molecule has 0 fully saturated rings. The smallest absolute Gasteiger partial charge is 0.423 e. The number of rotatable bonds is 16. The fourth-order valence-corrected chi connectivity index (χ4v) is 16.4. The van der Waals surface area contributed by atoms with Gasteiger partial charge in [0, 0.05) is 93.1 Å². The maximum Gasteiger partial charge on any atom is 0.488 e. The van der Waals surface area contributed by atoms with Gasteiger partial charge in [-0.2, -0.15) is 0 Å². The predicted molar refractivity (Wildman–Crippen MR) is 479 cm³/mol. The molecule has 0 aliphatic rings. The third-order valence-corrected chi connectivity index (χ3v) is 21.2. The third kappa shape index (κ3) is 15.3. The molecule has 2 aromatic heterocycles. The zero-order chi connectivity index (χ0) is 75.7. The van der Waals surface area contributed by atoms with Crippen molar-refractivity contribution in [2.45, 2.75) is 0 Å². The molecular weight excluding hydrogens is 1500 g/mol. The number of aromatic nitrogens is 2. The minimum atomic E-state index is -1.45. The molecule has 2 heterocycles. The molecule has 0 aliphatic carbocycles. The minimum absolute atomic E-state index is 0.477. The second kappa shape index (κ2) is 32.9. The number of hydrogen-bond donors (Lipinski definition) is 2. The molecule has 0 spiro atoms. The highest BCUT2D eigenvalue weighted by Crippen LogP contribution is 2.43. The molecule has 0 saturated carbocycles. The molecule has 0 atom stereocenters. The van der Waals surface area contributed by atoms with Crippen molar-refractivity contribution >= 4 is 139 Å². The van der Waals surface area contributed by atoms with Crippen LogP contribution in [0.25, 0.3) is 99.5 Å². The van der Waals surface area contributed by atoms with Crippen LogP contribution in [0.1, 0.15) is 0 Å². The Labute approximate surface area is 669 Å². The molecule has 19 rings (SSSR count). The quantitative estimate of drug-likeness (QED) is 0.0944. The highest BCUT2D eigenvalue weighted by molar-refractivity contribution is 9.11. The summed E-state index contributed by atoms with van der Waals surface area (Å²) < 4.78 is 6.85. The molecule has 0 radical (unpaired) electrons. The topological polar surface area (TPSA) is 60.0 Å². The van der Waals surface area contributed by atoms with Gasteiger partial charge in [0.25, 0.3) is 0 Å². The lowest BCUT2D eigenvalue weighted by Crippen LogP contribution is -2.29. The van der Waals surface area contributed by atoms with Crippen LogP contribution in [0, 0.1) is 0 Å². The van der Waals surface area contributed by atoms with Crippen molar-refractivity contribution in [3.63, 3.8) is 0 Å². The number of halogens is 2. The van der Waals surface area contributed by atoms with Crippen LogP contribution in [0.5, 0.6) is 0 Å². The standard InChI is InChI=1S/C60H43N3.C24H15Br2N.C18H16BNO2/c1-6-18-50(19-7-1)61(51-20-8-2-9-21-51)55-35-30-44(31-36-55)47-40-48(45-32-37-56(38-33-45)62(52-22-10-3-11-23-52)53-24-12-4-13-25-53)42-49(41-47)46-34-39-60-58(43-46)57-28-16-17-29-59(57)63(60)54-26-14-5-15-27-54;25-18-12-17(13-19(26)15-18)16-10-11-24-22(14-16)21-8-4-5-9-23(21)27(24)20-6-2-1-3-7-20;21-19(22)15-11-13-18(14-12-15)20(16-7-3-1-4-8-16)17-9-5-2-6-10-17/h1-43H;1-15H;1-14,21-22H. The van der Waals surface area contributed by atoms with Crippen LogP contribution in [0.2, 0.25) is 0 Å². The molecule has 0 amide bonds. The van der Waals surface area contributed by atoms with Gasteiger partial charge in [-0.05, 0) is 256 Å². The SMILES string of the molecule is Brc1cc(Br)cc(-c2ccc3c(c2)c2ccccc2n3-c2ccccc2)c1.OB(O)c1ccc(N(c2ccccc2)c2ccccc2)cc1.c1ccc(N(c2ccccc2)c2ccc(-c3cc(-c4ccc(N(c5ccccc5)c5ccccc5)cc4)cc(-c4ccc5c(c4)c4ccccc4n5-c4ccccc4)c3)cc2)cc1. The summed E-state index contributed by atoms with van der Waals surface area (Å²) in [5.74, 6) is 0. The summed E-state index contributed by atoms with van der Waals surface area (Å²) in [5.41, 5.74) is 26.7. The second-order valence-electron chi connectivity index (χ2n) is 27.4. The van der Waals surface area contributed by atoms with E-state index in [2.05, 4.69) is 408 Å². The van der Waals surface area contributed by atoms with E-state index >= 15 is 0 Å². The van der Waals surface area contributed by atoms with Gasteiger partial charge in [0.2, 0.25) is 0 Å². The first-order chi connectivity index (χ1) is 55.2. The van der Waals surface area contributed by atoms with E-state index in [4.69, 9.17) is 0 Å². The van der Waals surface area contributed by atoms with E-state index < -0.39 is 7.12 Å². The predicted octanol–water partition coefficient (Wildman–Crippen LogP) is 27.5. The van der Waals surface area contributed by atoms with Crippen molar-refractivity contribution in [1.29, 1.82) is 0 Å². The lowest BCUT2D eigenvalue weighted by molar-refractivity contribution is 0.426. The minimum Gasteiger partial charge on any atom is -0.423 e. The van der Waals surface area contributed by atoms with Crippen LogP contribution in [-0.4, -0.2) is 26.3 Å². The normalized spacial score (nSPS) is 11.0. The zero-order valence-corrected chi connectivity index (χ0v) is 64.2. The maximum atomic E-state index is 9.23. The van der Waals surface area contributed by atoms with E-state index in [-0.39, 0.29) is 0 Å². The summed E-state index contributed by atoms with van der Waals surface area (Å²) in [4.78, 5) is 6.73. The summed E-state index contributed by atoms with van der Waals surface area (Å²) in [7, 11) is -1.45. The Bertz CT molecular complexity index is 6120. The number of para-hydroxylation sites is 10. The first-order valence-corrected chi connectivity index (χ1v) is 39.0. The third-order valence-electron chi connectivity index (χ3n) is 20.3. The van der Waals surface area contributed by atoms with E-state index in [0.717, 1.165) is 88.1 Å². The second-order valence-corrected chi connectivity index (χ2v) is 29.2. The van der Waals surface area contributed by atoms with E-state index in [1.54, 1.807) is 12.1 Å². The van der Waals surface area contributed by atoms with E-state index in [1.807, 2.05) is 72.8 Å². The molecule has 0 bridgehead atoms. The largest absolute Gasteiger partial charge is 0.488 e. The molecular formula is C102H74BBr2N5O2. The van der Waals surface area contributed by atoms with Crippen molar-refractivity contribution in [3.8, 4) is 55.9 Å². The zero-order valence-electron chi connectivity index (χ0n) is 61.0. The highest BCUT2D eigenvalue weighted by Gasteiger charge is 2.21. The first-order valence-electron chi connectivity index (χ1n) is 37.4. The summed E-state index contributed by atoms with van der Waals surface area (Å²) in [6.07, 6.45) is 0. The van der Waals surface area contributed by atoms with Crippen LogP contribution < -0.4 is 20.2 Å². The average molecular weight is 1570 g/mol. The molecule has 0 aliphatic heterocycles. The fraction of sp³-hybridized carbons (Fsp3) is 0. The molecule has 0 unspecified atom stereocenters. The lowest BCUT2D eigenvalue weighted by atomic mass is 9.80. The van der Waals surface area contributed by atoms with Gasteiger partial charge in [0.15, 0.2) is 0 Å². The molecule has 2 N–H and O–H groups in total. The monoisotopic (exact) mass is 1570 g/mol. The number of anilines is 9. The van der Waals surface area contributed by atoms with Crippen LogP contribution in [0.3, 0.4) is 0 Å². The Morgan fingerprint density at radius 3 is 0.750 bits per heavy atom. The van der Waals surface area contributed by atoms with Crippen molar-refractivity contribution in [1.82, 2.24) is 9.13 Å². The highest BCUT2D eigenvalue weighted by atomic mass is 79.9. The summed E-state index contributed by atoms with van der Waals surface area (Å²) >= 11 is 7.20. The van der Waals surface area contributed by atoms with Crippen LogP contribution in [-0.2, 0) is 0 Å². The Hall–Kier alpha value is -13.3. The number of fused-ring (bicyclic) bond motifs is 6. The van der Waals surface area contributed by atoms with Crippen molar-refractivity contribution in [2.24, 2.45) is 0 Å². The van der Waals surface area contributed by atoms with Gasteiger partial charge < -0.3 is 33.9 Å². The Kier molecular flexibility index (Phi) is 21.0. The van der Waals surface area contributed by atoms with Gasteiger partial charge in [0.05, 0.1) is 22.1 Å². The Morgan fingerprint density at radius 2 is 0.438 bits per heavy atom. The van der Waals surface area contributed by atoms with Crippen LogP contribution in [0.15, 0.2) is 446 Å². The Morgan fingerprint density at radius 1 is 0.196 bits per heavy atom. The van der Waals surface area contributed by atoms with Gasteiger partial charge in [0.1, 0.15) is 0 Å². The number of benzene rings is 17. The molecule has 17 aromatic carbocycles. The van der Waals surface area contributed by atoms with Gasteiger partial charge in [-0.3, -0.25) is 0 Å². The van der Waals surface area contributed by atoms with Crippen LogP contribution >= 0.6 is 31.9 Å². The number of hydrogen-bond acceptors (Lipinski definition) is 5. The summed E-state index contributed by atoms with van der Waals surface area (Å²) in [5, 5.41) is 23.5. The van der Waals surface area contributed by atoms with Gasteiger partial charge in [-0.15, -0.1) is 0 Å². The van der Waals surface area contributed by atoms with Gasteiger partial charge >= 0.3 is 7.12 Å². The van der Waals surface area contributed by atoms with E-state index in [0.29, 0.717) is 5.46 Å². The fourth-order valence-electron chi connectivity index (χ4n) is 15.1. The molecule has 536 valence electrons. The average Bonchev–Trinajstić information content (AvgIpc) is 1.59.